The number of anilines is 1. The monoisotopic (exact) mass is 368 g/mol. The van der Waals surface area contributed by atoms with Crippen molar-refractivity contribution in [1.82, 2.24) is 5.32 Å². The zero-order valence-corrected chi connectivity index (χ0v) is 12.8. The van der Waals surface area contributed by atoms with Crippen LogP contribution in [0.25, 0.3) is 0 Å². The van der Waals surface area contributed by atoms with E-state index < -0.39 is 11.9 Å². The van der Waals surface area contributed by atoms with Crippen molar-refractivity contribution >= 4 is 50.8 Å². The average Bonchev–Trinajstić information content (AvgIpc) is 2.94. The van der Waals surface area contributed by atoms with E-state index >= 15 is 0 Å². The van der Waals surface area contributed by atoms with Crippen LogP contribution in [-0.2, 0) is 0 Å². The molecule has 0 radical (unpaired) electrons. The minimum atomic E-state index is -1.11. The van der Waals surface area contributed by atoms with Crippen LogP contribution in [0.3, 0.4) is 0 Å². The molecule has 1 heterocycles. The van der Waals surface area contributed by atoms with Gasteiger partial charge in [-0.25, -0.2) is 4.79 Å². The van der Waals surface area contributed by atoms with Crippen LogP contribution in [0.15, 0.2) is 45.5 Å². The van der Waals surface area contributed by atoms with Crippen LogP contribution in [-0.4, -0.2) is 22.1 Å². The first-order valence-electron chi connectivity index (χ1n) is 5.66. The zero-order valence-electron chi connectivity index (χ0n) is 10.4. The topological polar surface area (TPSA) is 91.6 Å². The summed E-state index contributed by atoms with van der Waals surface area (Å²) in [6.07, 6.45) is 1.36. The van der Waals surface area contributed by atoms with Crippen LogP contribution in [0.4, 0.5) is 5.69 Å². The number of carbonyl (C=O) groups excluding carboxylic acids is 1. The predicted octanol–water partition coefficient (Wildman–Crippen LogP) is 2.87. The van der Waals surface area contributed by atoms with Crippen molar-refractivity contribution in [3.05, 3.63) is 52.4 Å². The van der Waals surface area contributed by atoms with Crippen molar-refractivity contribution in [2.24, 2.45) is 0 Å². The van der Waals surface area contributed by atoms with Crippen molar-refractivity contribution in [2.45, 2.75) is 0 Å². The highest BCUT2D eigenvalue weighted by molar-refractivity contribution is 9.10. The fourth-order valence-electron chi connectivity index (χ4n) is 1.53. The molecule has 8 heteroatoms. The molecule has 0 fully saturated rings. The van der Waals surface area contributed by atoms with Gasteiger partial charge in [-0.2, -0.15) is 0 Å². The van der Waals surface area contributed by atoms with Gasteiger partial charge in [0.25, 0.3) is 5.91 Å². The molecule has 1 aromatic carbocycles. The second-order valence-corrected chi connectivity index (χ2v) is 5.20. The Hall–Kier alpha value is -2.19. The number of carboxylic acid groups (broad SMARTS) is 1. The number of thiocarbonyl (C=S) groups is 1. The van der Waals surface area contributed by atoms with E-state index in [0.717, 1.165) is 0 Å². The lowest BCUT2D eigenvalue weighted by molar-refractivity contribution is 0.0697. The SMILES string of the molecule is O=C(NC(=S)Nc1ccc(Br)cc1C(=O)O)c1ccco1. The molecular formula is C13H9BrN2O4S. The summed E-state index contributed by atoms with van der Waals surface area (Å²) < 4.78 is 5.55. The quantitative estimate of drug-likeness (QED) is 0.721. The maximum atomic E-state index is 11.7. The molecule has 1 amide bonds. The Morgan fingerprint density at radius 1 is 1.29 bits per heavy atom. The number of amides is 1. The molecule has 0 atom stereocenters. The number of hydrogen-bond acceptors (Lipinski definition) is 4. The third-order valence-corrected chi connectivity index (χ3v) is 3.13. The first-order chi connectivity index (χ1) is 9.97. The normalized spacial score (nSPS) is 9.95. The Labute approximate surface area is 133 Å². The highest BCUT2D eigenvalue weighted by Crippen LogP contribution is 2.21. The standard InChI is InChI=1S/C13H9BrN2O4S/c14-7-3-4-9(8(6-7)12(18)19)15-13(21)16-11(17)10-2-1-5-20-10/h1-6H,(H,18,19)(H2,15,16,17,21). The van der Waals surface area contributed by atoms with E-state index in [4.69, 9.17) is 21.7 Å². The maximum absolute atomic E-state index is 11.7. The fourth-order valence-corrected chi connectivity index (χ4v) is 2.09. The lowest BCUT2D eigenvalue weighted by atomic mass is 10.2. The summed E-state index contributed by atoms with van der Waals surface area (Å²) in [6, 6.07) is 7.69. The Morgan fingerprint density at radius 2 is 2.05 bits per heavy atom. The number of nitrogens with one attached hydrogen (secondary N) is 2. The molecule has 0 bridgehead atoms. The van der Waals surface area contributed by atoms with E-state index in [0.29, 0.717) is 4.47 Å². The number of halogens is 1. The molecule has 0 saturated carbocycles. The average molecular weight is 369 g/mol. The van der Waals surface area contributed by atoms with E-state index in [9.17, 15) is 9.59 Å². The molecule has 1 aromatic heterocycles. The van der Waals surface area contributed by atoms with Gasteiger partial charge in [0.2, 0.25) is 0 Å². The second-order valence-electron chi connectivity index (χ2n) is 3.88. The van der Waals surface area contributed by atoms with E-state index in [1.807, 2.05) is 0 Å². The van der Waals surface area contributed by atoms with Gasteiger partial charge in [0.05, 0.1) is 17.5 Å². The largest absolute Gasteiger partial charge is 0.478 e. The lowest BCUT2D eigenvalue weighted by Crippen LogP contribution is -2.34. The minimum absolute atomic E-state index is 0.0266. The summed E-state index contributed by atoms with van der Waals surface area (Å²) in [4.78, 5) is 22.9. The molecule has 0 spiro atoms. The molecule has 6 nitrogen and oxygen atoms in total. The van der Waals surface area contributed by atoms with Crippen LogP contribution in [0.5, 0.6) is 0 Å². The van der Waals surface area contributed by atoms with Crippen LogP contribution >= 0.6 is 28.1 Å². The van der Waals surface area contributed by atoms with Crippen molar-refractivity contribution in [3.8, 4) is 0 Å². The molecule has 0 saturated heterocycles. The summed E-state index contributed by atoms with van der Waals surface area (Å²) in [7, 11) is 0. The summed E-state index contributed by atoms with van der Waals surface area (Å²) in [5.74, 6) is -1.53. The van der Waals surface area contributed by atoms with E-state index in [2.05, 4.69) is 26.6 Å². The number of benzene rings is 1. The number of rotatable bonds is 3. The molecule has 2 aromatic rings. The zero-order chi connectivity index (χ0) is 15.4. The Bertz CT molecular complexity index is 700. The number of carbonyl (C=O) groups is 2. The van der Waals surface area contributed by atoms with Gasteiger partial charge >= 0.3 is 5.97 Å². The van der Waals surface area contributed by atoms with Crippen molar-refractivity contribution in [3.63, 3.8) is 0 Å². The molecule has 0 unspecified atom stereocenters. The van der Waals surface area contributed by atoms with E-state index in [1.54, 1.807) is 18.2 Å². The summed E-state index contributed by atoms with van der Waals surface area (Å²) in [5.41, 5.74) is 0.300. The molecule has 2 rings (SSSR count). The minimum Gasteiger partial charge on any atom is -0.478 e. The Kier molecular flexibility index (Phi) is 4.71. The van der Waals surface area contributed by atoms with Gasteiger partial charge in [-0.15, -0.1) is 0 Å². The first kappa shape index (κ1) is 15.2. The van der Waals surface area contributed by atoms with Gasteiger partial charge in [-0.05, 0) is 42.5 Å². The van der Waals surface area contributed by atoms with Crippen LogP contribution in [0, 0.1) is 0 Å². The number of furan rings is 1. The van der Waals surface area contributed by atoms with Crippen LogP contribution < -0.4 is 10.6 Å². The van der Waals surface area contributed by atoms with Gasteiger partial charge in [0, 0.05) is 4.47 Å². The molecule has 0 aliphatic carbocycles. The van der Waals surface area contributed by atoms with Crippen LogP contribution in [0.2, 0.25) is 0 Å². The molecule has 0 aliphatic heterocycles. The van der Waals surface area contributed by atoms with E-state index in [1.165, 1.54) is 18.4 Å². The lowest BCUT2D eigenvalue weighted by Gasteiger charge is -2.11. The highest BCUT2D eigenvalue weighted by Gasteiger charge is 2.14. The molecular weight excluding hydrogens is 360 g/mol. The molecule has 108 valence electrons. The molecule has 21 heavy (non-hydrogen) atoms. The smallest absolute Gasteiger partial charge is 0.337 e. The van der Waals surface area contributed by atoms with Crippen molar-refractivity contribution < 1.29 is 19.1 Å². The van der Waals surface area contributed by atoms with Gasteiger partial charge in [-0.3, -0.25) is 10.1 Å². The summed E-state index contributed by atoms with van der Waals surface area (Å²) in [5, 5.41) is 14.2. The Morgan fingerprint density at radius 3 is 2.67 bits per heavy atom. The van der Waals surface area contributed by atoms with E-state index in [-0.39, 0.29) is 22.1 Å². The van der Waals surface area contributed by atoms with Gasteiger partial charge in [-0.1, -0.05) is 15.9 Å². The predicted molar refractivity (Wildman–Crippen MR) is 83.5 cm³/mol. The van der Waals surface area contributed by atoms with Gasteiger partial charge in [0.15, 0.2) is 10.9 Å². The first-order valence-corrected chi connectivity index (χ1v) is 6.86. The third kappa shape index (κ3) is 3.89. The Balaban J connectivity index is 2.10. The van der Waals surface area contributed by atoms with Gasteiger partial charge in [0.1, 0.15) is 0 Å². The molecule has 3 N–H and O–H groups in total. The second kappa shape index (κ2) is 6.51. The van der Waals surface area contributed by atoms with Crippen LogP contribution in [0.1, 0.15) is 20.9 Å². The van der Waals surface area contributed by atoms with Crippen molar-refractivity contribution in [2.75, 3.05) is 5.32 Å². The third-order valence-electron chi connectivity index (χ3n) is 2.43. The number of aromatic carboxylic acids is 1. The summed E-state index contributed by atoms with van der Waals surface area (Å²) >= 11 is 8.17. The number of carboxylic acids is 1. The summed E-state index contributed by atoms with van der Waals surface area (Å²) in [6.45, 7) is 0. The fraction of sp³-hybridized carbons (Fsp3) is 0. The van der Waals surface area contributed by atoms with Crippen molar-refractivity contribution in [1.29, 1.82) is 0 Å². The highest BCUT2D eigenvalue weighted by atomic mass is 79.9. The number of hydrogen-bond donors (Lipinski definition) is 3. The molecule has 0 aliphatic rings. The van der Waals surface area contributed by atoms with Gasteiger partial charge < -0.3 is 14.8 Å². The maximum Gasteiger partial charge on any atom is 0.337 e.